The van der Waals surface area contributed by atoms with E-state index in [1.807, 2.05) is 0 Å². The summed E-state index contributed by atoms with van der Waals surface area (Å²) in [6.45, 7) is 3.69. The molecule has 1 saturated heterocycles. The smallest absolute Gasteiger partial charge is 0.131 e. The van der Waals surface area contributed by atoms with E-state index in [0.29, 0.717) is 5.67 Å². The Labute approximate surface area is 116 Å². The van der Waals surface area contributed by atoms with Crippen LogP contribution in [0.2, 0.25) is 6.55 Å². The molecule has 1 atom stereocenters. The molecule has 0 saturated carbocycles. The third kappa shape index (κ3) is 2.26. The van der Waals surface area contributed by atoms with Gasteiger partial charge in [-0.2, -0.15) is 0 Å². The second kappa shape index (κ2) is 5.31. The minimum absolute atomic E-state index is 0.664. The highest BCUT2D eigenvalue weighted by Gasteiger charge is 2.41. The van der Waals surface area contributed by atoms with E-state index in [0.717, 1.165) is 0 Å². The second-order valence-electron chi connectivity index (χ2n) is 5.58. The monoisotopic (exact) mass is 267 g/mol. The summed E-state index contributed by atoms with van der Waals surface area (Å²) in [6.07, 6.45) is 2.62. The molecule has 0 aromatic heterocycles. The van der Waals surface area contributed by atoms with Gasteiger partial charge in [-0.3, -0.25) is 0 Å². The van der Waals surface area contributed by atoms with Crippen LogP contribution in [0.1, 0.15) is 12.8 Å². The van der Waals surface area contributed by atoms with Gasteiger partial charge in [0.15, 0.2) is 0 Å². The van der Waals surface area contributed by atoms with Gasteiger partial charge in [0.25, 0.3) is 0 Å². The number of hydrogen-bond acceptors (Lipinski definition) is 1. The number of rotatable bonds is 3. The Balaban J connectivity index is 2.10. The molecule has 1 N–H and O–H groups in total. The molecule has 0 bridgehead atoms. The first-order valence-electron chi connectivity index (χ1n) is 7.16. The molecule has 0 unspecified atom stereocenters. The fourth-order valence-corrected chi connectivity index (χ4v) is 7.56. The molecule has 19 heavy (non-hydrogen) atoms. The predicted octanol–water partition coefficient (Wildman–Crippen LogP) is 2.17. The Kier molecular flexibility index (Phi) is 3.54. The van der Waals surface area contributed by atoms with Crippen LogP contribution in [0.5, 0.6) is 0 Å². The average molecular weight is 267 g/mol. The van der Waals surface area contributed by atoms with Crippen molar-refractivity contribution in [1.82, 2.24) is 5.32 Å². The second-order valence-corrected chi connectivity index (χ2v) is 9.84. The third-order valence-corrected chi connectivity index (χ3v) is 9.46. The Bertz CT molecular complexity index is 478. The van der Waals surface area contributed by atoms with Crippen LogP contribution in [-0.4, -0.2) is 20.3 Å². The molecule has 1 aliphatic rings. The van der Waals surface area contributed by atoms with Crippen LogP contribution < -0.4 is 15.7 Å². The normalized spacial score (nSPS) is 19.5. The molecule has 3 rings (SSSR count). The minimum Gasteiger partial charge on any atom is -0.316 e. The van der Waals surface area contributed by atoms with Crippen molar-refractivity contribution in [2.45, 2.75) is 25.1 Å². The van der Waals surface area contributed by atoms with Gasteiger partial charge in [0, 0.05) is 5.67 Å². The summed E-state index contributed by atoms with van der Waals surface area (Å²) in [5.41, 5.74) is 0.664. The quantitative estimate of drug-likeness (QED) is 0.841. The lowest BCUT2D eigenvalue weighted by Gasteiger charge is -2.35. The van der Waals surface area contributed by atoms with Crippen LogP contribution in [-0.2, 0) is 0 Å². The number of hydrogen-bond donors (Lipinski definition) is 1. The zero-order valence-corrected chi connectivity index (χ0v) is 12.5. The summed E-state index contributed by atoms with van der Waals surface area (Å²) < 4.78 is 0. The minimum atomic E-state index is -1.68. The molecule has 1 fully saturated rings. The third-order valence-electron chi connectivity index (χ3n) is 4.50. The highest BCUT2D eigenvalue weighted by atomic mass is 28.3. The summed E-state index contributed by atoms with van der Waals surface area (Å²) in [6, 6.07) is 22.2. The van der Waals surface area contributed by atoms with Crippen molar-refractivity contribution < 1.29 is 0 Å². The van der Waals surface area contributed by atoms with Crippen LogP contribution >= 0.6 is 0 Å². The molecule has 0 radical (unpaired) electrons. The van der Waals surface area contributed by atoms with Crippen molar-refractivity contribution in [2.75, 3.05) is 6.54 Å². The van der Waals surface area contributed by atoms with E-state index in [-0.39, 0.29) is 0 Å². The van der Waals surface area contributed by atoms with Crippen LogP contribution in [0.25, 0.3) is 0 Å². The fourth-order valence-electron chi connectivity index (χ4n) is 3.32. The summed E-state index contributed by atoms with van der Waals surface area (Å²) in [5, 5.41) is 6.84. The molecule has 2 heteroatoms. The first kappa shape index (κ1) is 12.6. The van der Waals surface area contributed by atoms with Gasteiger partial charge in [-0.25, -0.2) is 0 Å². The van der Waals surface area contributed by atoms with Gasteiger partial charge >= 0.3 is 0 Å². The molecule has 1 nitrogen and oxygen atoms in total. The maximum absolute atomic E-state index is 3.76. The van der Waals surface area contributed by atoms with Crippen molar-refractivity contribution >= 4 is 18.4 Å². The van der Waals surface area contributed by atoms with E-state index in [1.165, 1.54) is 19.4 Å². The summed E-state index contributed by atoms with van der Waals surface area (Å²) in [7, 11) is -1.68. The topological polar surface area (TPSA) is 12.0 Å². The first-order chi connectivity index (χ1) is 9.32. The summed E-state index contributed by atoms with van der Waals surface area (Å²) in [4.78, 5) is 0. The number of nitrogens with one attached hydrogen (secondary N) is 1. The van der Waals surface area contributed by atoms with Gasteiger partial charge in [0.05, 0.1) is 0 Å². The van der Waals surface area contributed by atoms with E-state index < -0.39 is 8.07 Å². The molecule has 98 valence electrons. The number of benzene rings is 2. The van der Waals surface area contributed by atoms with E-state index in [4.69, 9.17) is 0 Å². The molecular weight excluding hydrogens is 246 g/mol. The lowest BCUT2D eigenvalue weighted by atomic mass is 10.4. The summed E-state index contributed by atoms with van der Waals surface area (Å²) in [5.74, 6) is 0. The molecule has 2 aromatic rings. The molecular formula is C17H21NSi. The Morgan fingerprint density at radius 1 is 0.895 bits per heavy atom. The summed E-state index contributed by atoms with van der Waals surface area (Å²) >= 11 is 0. The van der Waals surface area contributed by atoms with Gasteiger partial charge in [0.1, 0.15) is 8.07 Å². The van der Waals surface area contributed by atoms with E-state index >= 15 is 0 Å². The lowest BCUT2D eigenvalue weighted by molar-refractivity contribution is 0.771. The van der Waals surface area contributed by atoms with E-state index in [9.17, 15) is 0 Å². The van der Waals surface area contributed by atoms with Gasteiger partial charge in [0.2, 0.25) is 0 Å². The van der Waals surface area contributed by atoms with Crippen LogP contribution in [0.4, 0.5) is 0 Å². The Hall–Kier alpha value is -1.38. The van der Waals surface area contributed by atoms with Crippen molar-refractivity contribution in [3.05, 3.63) is 60.7 Å². The van der Waals surface area contributed by atoms with Crippen molar-refractivity contribution in [3.8, 4) is 0 Å². The molecule has 0 amide bonds. The van der Waals surface area contributed by atoms with E-state index in [1.54, 1.807) is 10.4 Å². The lowest BCUT2D eigenvalue weighted by Crippen LogP contribution is -2.67. The first-order valence-corrected chi connectivity index (χ1v) is 9.74. The van der Waals surface area contributed by atoms with Crippen LogP contribution in [0.3, 0.4) is 0 Å². The predicted molar refractivity (Wildman–Crippen MR) is 84.8 cm³/mol. The maximum Gasteiger partial charge on any atom is 0.131 e. The van der Waals surface area contributed by atoms with Crippen LogP contribution in [0, 0.1) is 0 Å². The highest BCUT2D eigenvalue weighted by molar-refractivity contribution is 7.02. The van der Waals surface area contributed by atoms with Gasteiger partial charge < -0.3 is 5.32 Å². The van der Waals surface area contributed by atoms with Crippen molar-refractivity contribution in [3.63, 3.8) is 0 Å². The van der Waals surface area contributed by atoms with Crippen molar-refractivity contribution in [2.24, 2.45) is 0 Å². The molecule has 2 aromatic carbocycles. The fraction of sp³-hybridized carbons (Fsp3) is 0.294. The Morgan fingerprint density at radius 3 is 1.84 bits per heavy atom. The Morgan fingerprint density at radius 2 is 1.42 bits per heavy atom. The SMILES string of the molecule is C[Si](c1ccccc1)(c1ccccc1)[C@H]1CCCN1. The zero-order chi connectivity index (χ0) is 13.1. The van der Waals surface area contributed by atoms with E-state index in [2.05, 4.69) is 72.5 Å². The largest absolute Gasteiger partial charge is 0.316 e. The van der Waals surface area contributed by atoms with Crippen molar-refractivity contribution in [1.29, 1.82) is 0 Å². The average Bonchev–Trinajstić information content (AvgIpc) is 3.03. The standard InChI is InChI=1S/C17H21NSi/c1-19(17-13-8-14-18-17,15-9-4-2-5-10-15)16-11-6-3-7-12-16/h2-7,9-12,17-18H,8,13-14H2,1H3/t17-/m0/s1. The van der Waals surface area contributed by atoms with Gasteiger partial charge in [-0.15, -0.1) is 0 Å². The highest BCUT2D eigenvalue weighted by Crippen LogP contribution is 2.18. The molecule has 0 aliphatic carbocycles. The molecule has 0 spiro atoms. The van der Waals surface area contributed by atoms with Gasteiger partial charge in [-0.05, 0) is 19.4 Å². The zero-order valence-electron chi connectivity index (χ0n) is 11.5. The molecule has 1 heterocycles. The van der Waals surface area contributed by atoms with Crippen LogP contribution in [0.15, 0.2) is 60.7 Å². The van der Waals surface area contributed by atoms with Gasteiger partial charge in [-0.1, -0.05) is 77.6 Å². The maximum atomic E-state index is 3.76. The molecule has 1 aliphatic heterocycles.